The van der Waals surface area contributed by atoms with Gasteiger partial charge in [0.1, 0.15) is 0 Å². The highest BCUT2D eigenvalue weighted by molar-refractivity contribution is 7.89. The van der Waals surface area contributed by atoms with Gasteiger partial charge in [-0.05, 0) is 40.9 Å². The van der Waals surface area contributed by atoms with Crippen molar-refractivity contribution in [1.29, 1.82) is 0 Å². The molecule has 1 aromatic carbocycles. The molecule has 1 atom stereocenters. The first-order chi connectivity index (χ1) is 9.09. The minimum absolute atomic E-state index is 0.203. The summed E-state index contributed by atoms with van der Waals surface area (Å²) in [7, 11) is -3.48. The van der Waals surface area contributed by atoms with Crippen molar-refractivity contribution in [2.45, 2.75) is 17.4 Å². The number of aliphatic hydroxyl groups excluding tert-OH is 1. The molecule has 0 bridgehead atoms. The van der Waals surface area contributed by atoms with E-state index in [1.54, 1.807) is 18.2 Å². The van der Waals surface area contributed by atoms with Crippen LogP contribution in [0.15, 0.2) is 52.1 Å². The monoisotopic (exact) mass is 297 g/mol. The van der Waals surface area contributed by atoms with Crippen LogP contribution in [0, 0.1) is 0 Å². The topological polar surface area (TPSA) is 66.4 Å². The third-order valence-electron chi connectivity index (χ3n) is 2.69. The van der Waals surface area contributed by atoms with Crippen LogP contribution >= 0.6 is 11.3 Å². The normalized spacial score (nSPS) is 13.3. The molecule has 19 heavy (non-hydrogen) atoms. The van der Waals surface area contributed by atoms with Crippen molar-refractivity contribution in [2.24, 2.45) is 0 Å². The fourth-order valence-corrected chi connectivity index (χ4v) is 3.42. The average Bonchev–Trinajstić information content (AvgIpc) is 2.93. The Morgan fingerprint density at radius 2 is 1.95 bits per heavy atom. The lowest BCUT2D eigenvalue weighted by Crippen LogP contribution is -2.25. The Kier molecular flexibility index (Phi) is 4.71. The zero-order chi connectivity index (χ0) is 13.7. The summed E-state index contributed by atoms with van der Waals surface area (Å²) < 4.78 is 26.3. The van der Waals surface area contributed by atoms with E-state index < -0.39 is 16.1 Å². The number of rotatable bonds is 6. The van der Waals surface area contributed by atoms with E-state index in [0.717, 1.165) is 5.56 Å². The SMILES string of the molecule is O=S(=O)(NCC[C@@H](O)c1ccsc1)c1ccccc1. The third kappa shape index (κ3) is 3.87. The molecule has 0 unspecified atom stereocenters. The van der Waals surface area contributed by atoms with Gasteiger partial charge in [0.25, 0.3) is 0 Å². The van der Waals surface area contributed by atoms with Crippen LogP contribution in [-0.4, -0.2) is 20.1 Å². The second kappa shape index (κ2) is 6.29. The number of benzene rings is 1. The zero-order valence-corrected chi connectivity index (χ0v) is 11.8. The largest absolute Gasteiger partial charge is 0.388 e. The Balaban J connectivity index is 1.89. The van der Waals surface area contributed by atoms with E-state index >= 15 is 0 Å². The minimum atomic E-state index is -3.48. The second-order valence-electron chi connectivity index (χ2n) is 4.07. The maximum Gasteiger partial charge on any atom is 0.240 e. The van der Waals surface area contributed by atoms with Gasteiger partial charge in [-0.15, -0.1) is 0 Å². The van der Waals surface area contributed by atoms with E-state index in [-0.39, 0.29) is 11.4 Å². The Labute approximate surface area is 116 Å². The number of thiophene rings is 1. The maximum atomic E-state index is 11.9. The van der Waals surface area contributed by atoms with Crippen LogP contribution in [0.25, 0.3) is 0 Å². The molecule has 0 fully saturated rings. The number of sulfonamides is 1. The standard InChI is InChI=1S/C13H15NO3S2/c15-13(11-7-9-18-10-11)6-8-14-19(16,17)12-4-2-1-3-5-12/h1-5,7,9-10,13-15H,6,8H2/t13-/m1/s1. The van der Waals surface area contributed by atoms with Crippen molar-refractivity contribution in [3.63, 3.8) is 0 Å². The van der Waals surface area contributed by atoms with E-state index in [1.165, 1.54) is 23.5 Å². The van der Waals surface area contributed by atoms with Gasteiger partial charge in [-0.25, -0.2) is 13.1 Å². The Bertz CT molecular complexity index is 594. The van der Waals surface area contributed by atoms with E-state index in [2.05, 4.69) is 4.72 Å². The summed E-state index contributed by atoms with van der Waals surface area (Å²) in [4.78, 5) is 0.236. The van der Waals surface area contributed by atoms with Gasteiger partial charge >= 0.3 is 0 Å². The van der Waals surface area contributed by atoms with Crippen molar-refractivity contribution >= 4 is 21.4 Å². The number of nitrogens with one attached hydrogen (secondary N) is 1. The molecule has 0 saturated carbocycles. The van der Waals surface area contributed by atoms with Crippen LogP contribution in [0.5, 0.6) is 0 Å². The maximum absolute atomic E-state index is 11.9. The van der Waals surface area contributed by atoms with Gasteiger partial charge < -0.3 is 5.11 Å². The van der Waals surface area contributed by atoms with Crippen molar-refractivity contribution in [3.05, 3.63) is 52.7 Å². The van der Waals surface area contributed by atoms with Crippen molar-refractivity contribution in [3.8, 4) is 0 Å². The van der Waals surface area contributed by atoms with Gasteiger partial charge in [-0.2, -0.15) is 11.3 Å². The molecular weight excluding hydrogens is 282 g/mol. The highest BCUT2D eigenvalue weighted by atomic mass is 32.2. The van der Waals surface area contributed by atoms with Gasteiger partial charge in [0, 0.05) is 6.54 Å². The molecule has 2 N–H and O–H groups in total. The molecular formula is C13H15NO3S2. The van der Waals surface area contributed by atoms with E-state index in [9.17, 15) is 13.5 Å². The summed E-state index contributed by atoms with van der Waals surface area (Å²) in [5, 5.41) is 13.6. The van der Waals surface area contributed by atoms with Gasteiger partial charge in [0.15, 0.2) is 0 Å². The Morgan fingerprint density at radius 1 is 1.21 bits per heavy atom. The minimum Gasteiger partial charge on any atom is -0.388 e. The first-order valence-electron chi connectivity index (χ1n) is 5.84. The molecule has 1 heterocycles. The lowest BCUT2D eigenvalue weighted by Gasteiger charge is -2.10. The molecule has 2 rings (SSSR count). The fraction of sp³-hybridized carbons (Fsp3) is 0.231. The summed E-state index contributed by atoms with van der Waals surface area (Å²) in [5.74, 6) is 0. The van der Waals surface area contributed by atoms with Crippen molar-refractivity contribution < 1.29 is 13.5 Å². The molecule has 0 saturated heterocycles. The van der Waals surface area contributed by atoms with Crippen molar-refractivity contribution in [1.82, 2.24) is 4.72 Å². The molecule has 0 spiro atoms. The van der Waals surface area contributed by atoms with Crippen LogP contribution < -0.4 is 4.72 Å². The lowest BCUT2D eigenvalue weighted by molar-refractivity contribution is 0.169. The summed E-state index contributed by atoms with van der Waals surface area (Å²) >= 11 is 1.51. The van der Waals surface area contributed by atoms with Crippen molar-refractivity contribution in [2.75, 3.05) is 6.54 Å². The third-order valence-corrected chi connectivity index (χ3v) is 4.87. The van der Waals surface area contributed by atoms with E-state index in [4.69, 9.17) is 0 Å². The highest BCUT2D eigenvalue weighted by Crippen LogP contribution is 2.19. The quantitative estimate of drug-likeness (QED) is 0.858. The van der Waals surface area contributed by atoms with E-state index in [0.29, 0.717) is 6.42 Å². The van der Waals surface area contributed by atoms with Gasteiger partial charge in [-0.1, -0.05) is 18.2 Å². The molecule has 102 valence electrons. The average molecular weight is 297 g/mol. The van der Waals surface area contributed by atoms with Crippen LogP contribution in [-0.2, 0) is 10.0 Å². The lowest BCUT2D eigenvalue weighted by atomic mass is 10.1. The highest BCUT2D eigenvalue weighted by Gasteiger charge is 2.14. The van der Waals surface area contributed by atoms with Crippen LogP contribution in [0.4, 0.5) is 0 Å². The summed E-state index contributed by atoms with van der Waals surface area (Å²) in [6.45, 7) is 0.203. The smallest absolute Gasteiger partial charge is 0.240 e. The van der Waals surface area contributed by atoms with Gasteiger partial charge in [0.2, 0.25) is 10.0 Å². The van der Waals surface area contributed by atoms with Gasteiger partial charge in [0.05, 0.1) is 11.0 Å². The molecule has 6 heteroatoms. The molecule has 0 aliphatic heterocycles. The number of aliphatic hydroxyl groups is 1. The van der Waals surface area contributed by atoms with E-state index in [1.807, 2.05) is 16.8 Å². The fourth-order valence-electron chi connectivity index (χ4n) is 1.64. The number of hydrogen-bond donors (Lipinski definition) is 2. The first kappa shape index (κ1) is 14.2. The van der Waals surface area contributed by atoms with Crippen LogP contribution in [0.2, 0.25) is 0 Å². The zero-order valence-electron chi connectivity index (χ0n) is 10.2. The summed E-state index contributed by atoms with van der Waals surface area (Å²) in [6.07, 6.45) is -0.285. The van der Waals surface area contributed by atoms with Crippen LogP contribution in [0.1, 0.15) is 18.1 Å². The molecule has 0 amide bonds. The summed E-state index contributed by atoms with van der Waals surface area (Å²) in [6, 6.07) is 10.0. The molecule has 0 aliphatic rings. The van der Waals surface area contributed by atoms with Crippen LogP contribution in [0.3, 0.4) is 0 Å². The predicted octanol–water partition coefficient (Wildman–Crippen LogP) is 2.15. The Hall–Kier alpha value is -1.21. The first-order valence-corrected chi connectivity index (χ1v) is 8.27. The summed E-state index contributed by atoms with van der Waals surface area (Å²) in [5.41, 5.74) is 0.823. The molecule has 0 aliphatic carbocycles. The molecule has 2 aromatic rings. The molecule has 1 aromatic heterocycles. The predicted molar refractivity (Wildman–Crippen MR) is 75.5 cm³/mol. The Morgan fingerprint density at radius 3 is 2.58 bits per heavy atom. The molecule has 0 radical (unpaired) electrons. The van der Waals surface area contributed by atoms with Gasteiger partial charge in [-0.3, -0.25) is 0 Å². The second-order valence-corrected chi connectivity index (χ2v) is 6.62. The number of hydrogen-bond acceptors (Lipinski definition) is 4. The molecule has 4 nitrogen and oxygen atoms in total.